The zero-order valence-corrected chi connectivity index (χ0v) is 7.79. The molecule has 0 aliphatic heterocycles. The van der Waals surface area contributed by atoms with Crippen molar-refractivity contribution in [1.82, 2.24) is 5.32 Å². The van der Waals surface area contributed by atoms with E-state index in [1.54, 1.807) is 12.1 Å². The van der Waals surface area contributed by atoms with Crippen LogP contribution in [0.4, 0.5) is 0 Å². The van der Waals surface area contributed by atoms with Crippen LogP contribution in [0, 0.1) is 11.3 Å². The summed E-state index contributed by atoms with van der Waals surface area (Å²) in [4.78, 5) is 0. The summed E-state index contributed by atoms with van der Waals surface area (Å²) in [5.41, 5.74) is -0.0837. The van der Waals surface area contributed by atoms with Gasteiger partial charge in [0.25, 0.3) is 0 Å². The van der Waals surface area contributed by atoms with E-state index in [0.717, 1.165) is 18.6 Å². The zero-order chi connectivity index (χ0) is 10.0. The Labute approximate surface area is 82.1 Å². The maximum atomic E-state index is 9.04. The highest BCUT2D eigenvalue weighted by Gasteiger charge is 2.41. The number of nitrogens with zero attached hydrogens (tertiary/aromatic N) is 1. The number of aliphatic hydroxyl groups excluding tert-OH is 1. The number of aliphatic hydroxyl groups is 1. The fourth-order valence-corrected chi connectivity index (χ4v) is 1.35. The molecule has 1 heterocycles. The minimum Gasteiger partial charge on any atom is -0.449 e. The smallest absolute Gasteiger partial charge is 0.203 e. The largest absolute Gasteiger partial charge is 0.449 e. The molecule has 1 aromatic heterocycles. The monoisotopic (exact) mass is 192 g/mol. The molecule has 4 nitrogen and oxygen atoms in total. The van der Waals surface area contributed by atoms with Crippen molar-refractivity contribution in [1.29, 1.82) is 5.26 Å². The first-order valence-corrected chi connectivity index (χ1v) is 4.63. The summed E-state index contributed by atoms with van der Waals surface area (Å²) in [6, 6.07) is 5.36. The van der Waals surface area contributed by atoms with Crippen molar-refractivity contribution in [2.45, 2.75) is 24.9 Å². The Hall–Kier alpha value is -1.31. The first-order chi connectivity index (χ1) is 6.78. The Morgan fingerprint density at radius 3 is 2.86 bits per heavy atom. The second-order valence-corrected chi connectivity index (χ2v) is 3.67. The molecule has 0 bridgehead atoms. The SMILES string of the molecule is N#Cc1ccc(CNC2(CO)CC2)o1. The molecule has 0 saturated heterocycles. The van der Waals surface area contributed by atoms with Gasteiger partial charge in [-0.2, -0.15) is 5.26 Å². The maximum absolute atomic E-state index is 9.04. The highest BCUT2D eigenvalue weighted by molar-refractivity contribution is 5.19. The lowest BCUT2D eigenvalue weighted by Gasteiger charge is -2.12. The lowest BCUT2D eigenvalue weighted by atomic mass is 10.3. The molecule has 1 aliphatic rings. The standard InChI is InChI=1S/C10H12N2O2/c11-5-8-1-2-9(14-8)6-12-10(7-13)3-4-10/h1-2,12-13H,3-4,6-7H2. The van der Waals surface area contributed by atoms with Gasteiger partial charge in [0.1, 0.15) is 11.8 Å². The fourth-order valence-electron chi connectivity index (χ4n) is 1.35. The molecule has 1 saturated carbocycles. The Kier molecular flexibility index (Phi) is 2.28. The fraction of sp³-hybridized carbons (Fsp3) is 0.500. The van der Waals surface area contributed by atoms with E-state index in [1.165, 1.54) is 0 Å². The van der Waals surface area contributed by atoms with Crippen molar-refractivity contribution in [3.8, 4) is 6.07 Å². The normalized spacial score (nSPS) is 17.7. The summed E-state index contributed by atoms with van der Waals surface area (Å²) < 4.78 is 5.20. The molecule has 74 valence electrons. The first-order valence-electron chi connectivity index (χ1n) is 4.63. The van der Waals surface area contributed by atoms with E-state index in [2.05, 4.69) is 5.32 Å². The average Bonchev–Trinajstić information content (AvgIpc) is 2.86. The highest BCUT2D eigenvalue weighted by Crippen LogP contribution is 2.34. The van der Waals surface area contributed by atoms with Gasteiger partial charge in [0.05, 0.1) is 13.2 Å². The molecule has 1 aromatic rings. The van der Waals surface area contributed by atoms with Crippen LogP contribution in [0.5, 0.6) is 0 Å². The van der Waals surface area contributed by atoms with Crippen LogP contribution in [0.1, 0.15) is 24.4 Å². The van der Waals surface area contributed by atoms with Gasteiger partial charge in [-0.3, -0.25) is 0 Å². The van der Waals surface area contributed by atoms with Crippen LogP contribution in [-0.4, -0.2) is 17.3 Å². The van der Waals surface area contributed by atoms with Gasteiger partial charge >= 0.3 is 0 Å². The second-order valence-electron chi connectivity index (χ2n) is 3.67. The molecule has 0 amide bonds. The number of hydrogen-bond acceptors (Lipinski definition) is 4. The molecule has 1 aliphatic carbocycles. The van der Waals surface area contributed by atoms with Crippen LogP contribution in [0.15, 0.2) is 16.5 Å². The van der Waals surface area contributed by atoms with Crippen molar-refractivity contribution in [3.63, 3.8) is 0 Å². The molecule has 0 unspecified atom stereocenters. The summed E-state index contributed by atoms with van der Waals surface area (Å²) >= 11 is 0. The Bertz CT molecular complexity index is 360. The van der Waals surface area contributed by atoms with Gasteiger partial charge in [-0.25, -0.2) is 0 Å². The highest BCUT2D eigenvalue weighted by atomic mass is 16.3. The third-order valence-electron chi connectivity index (χ3n) is 2.57. The van der Waals surface area contributed by atoms with Gasteiger partial charge in [0.2, 0.25) is 5.76 Å². The van der Waals surface area contributed by atoms with Crippen LogP contribution < -0.4 is 5.32 Å². The third kappa shape index (κ3) is 1.79. The Morgan fingerprint density at radius 2 is 2.36 bits per heavy atom. The number of nitriles is 1. The van der Waals surface area contributed by atoms with Crippen molar-refractivity contribution in [2.24, 2.45) is 0 Å². The molecule has 2 N–H and O–H groups in total. The van der Waals surface area contributed by atoms with E-state index in [9.17, 15) is 0 Å². The van der Waals surface area contributed by atoms with Gasteiger partial charge in [-0.05, 0) is 25.0 Å². The lowest BCUT2D eigenvalue weighted by molar-refractivity contribution is 0.226. The van der Waals surface area contributed by atoms with Crippen LogP contribution >= 0.6 is 0 Å². The number of rotatable bonds is 4. The summed E-state index contributed by atoms with van der Waals surface area (Å²) in [7, 11) is 0. The summed E-state index contributed by atoms with van der Waals surface area (Å²) in [6.45, 7) is 0.737. The van der Waals surface area contributed by atoms with E-state index in [0.29, 0.717) is 12.3 Å². The topological polar surface area (TPSA) is 69.2 Å². The molecular formula is C10H12N2O2. The average molecular weight is 192 g/mol. The van der Waals surface area contributed by atoms with E-state index >= 15 is 0 Å². The van der Waals surface area contributed by atoms with Gasteiger partial charge in [0.15, 0.2) is 0 Å². The predicted octanol–water partition coefficient (Wildman–Crippen LogP) is 0.766. The first kappa shape index (κ1) is 9.25. The van der Waals surface area contributed by atoms with Gasteiger partial charge < -0.3 is 14.8 Å². The van der Waals surface area contributed by atoms with Gasteiger partial charge in [-0.15, -0.1) is 0 Å². The van der Waals surface area contributed by atoms with Crippen LogP contribution in [0.2, 0.25) is 0 Å². The summed E-state index contributed by atoms with van der Waals surface area (Å²) in [5, 5.41) is 20.8. The number of furan rings is 1. The van der Waals surface area contributed by atoms with E-state index in [4.69, 9.17) is 14.8 Å². The molecule has 2 rings (SSSR count). The molecular weight excluding hydrogens is 180 g/mol. The zero-order valence-electron chi connectivity index (χ0n) is 7.79. The molecule has 0 aromatic carbocycles. The second kappa shape index (κ2) is 3.45. The third-order valence-corrected chi connectivity index (χ3v) is 2.57. The van der Waals surface area contributed by atoms with Crippen LogP contribution in [0.3, 0.4) is 0 Å². The lowest BCUT2D eigenvalue weighted by Crippen LogP contribution is -2.33. The summed E-state index contributed by atoms with van der Waals surface area (Å²) in [5.74, 6) is 1.07. The van der Waals surface area contributed by atoms with Crippen LogP contribution in [0.25, 0.3) is 0 Å². The minimum absolute atomic E-state index is 0.0837. The number of nitrogens with one attached hydrogen (secondary N) is 1. The minimum atomic E-state index is -0.0837. The summed E-state index contributed by atoms with van der Waals surface area (Å²) in [6.07, 6.45) is 2.02. The molecule has 1 fully saturated rings. The molecule has 0 atom stereocenters. The Balaban J connectivity index is 1.89. The van der Waals surface area contributed by atoms with E-state index in [1.807, 2.05) is 6.07 Å². The van der Waals surface area contributed by atoms with Crippen molar-refractivity contribution in [2.75, 3.05) is 6.61 Å². The van der Waals surface area contributed by atoms with Gasteiger partial charge in [0, 0.05) is 5.54 Å². The predicted molar refractivity (Wildman–Crippen MR) is 49.3 cm³/mol. The molecule has 0 radical (unpaired) electrons. The van der Waals surface area contributed by atoms with Crippen molar-refractivity contribution in [3.05, 3.63) is 23.7 Å². The maximum Gasteiger partial charge on any atom is 0.203 e. The van der Waals surface area contributed by atoms with E-state index < -0.39 is 0 Å². The van der Waals surface area contributed by atoms with Gasteiger partial charge in [-0.1, -0.05) is 0 Å². The quantitative estimate of drug-likeness (QED) is 0.739. The Morgan fingerprint density at radius 1 is 1.57 bits per heavy atom. The van der Waals surface area contributed by atoms with Crippen LogP contribution in [-0.2, 0) is 6.54 Å². The molecule has 4 heteroatoms. The van der Waals surface area contributed by atoms with E-state index in [-0.39, 0.29) is 12.1 Å². The van der Waals surface area contributed by atoms with Crippen molar-refractivity contribution < 1.29 is 9.52 Å². The molecule has 14 heavy (non-hydrogen) atoms. The number of hydrogen-bond donors (Lipinski definition) is 2. The molecule has 0 spiro atoms. The van der Waals surface area contributed by atoms with Crippen molar-refractivity contribution >= 4 is 0 Å².